The van der Waals surface area contributed by atoms with Crippen molar-refractivity contribution in [3.8, 4) is 5.75 Å². The van der Waals surface area contributed by atoms with E-state index in [0.717, 1.165) is 17.5 Å². The van der Waals surface area contributed by atoms with Crippen molar-refractivity contribution < 1.29 is 19.0 Å². The second-order valence-electron chi connectivity index (χ2n) is 9.37. The molecule has 0 fully saturated rings. The van der Waals surface area contributed by atoms with Crippen LogP contribution in [0.1, 0.15) is 59.4 Å². The first-order valence-electron chi connectivity index (χ1n) is 11.0. The normalized spacial score (nSPS) is 14.0. The van der Waals surface area contributed by atoms with Gasteiger partial charge in [0.1, 0.15) is 12.4 Å². The summed E-state index contributed by atoms with van der Waals surface area (Å²) in [4.78, 5) is 11.9. The van der Waals surface area contributed by atoms with Crippen molar-refractivity contribution in [2.75, 3.05) is 13.2 Å². The minimum absolute atomic E-state index is 0.00430. The molecule has 0 aromatic heterocycles. The van der Waals surface area contributed by atoms with E-state index in [2.05, 4.69) is 46.8 Å². The Morgan fingerprint density at radius 3 is 2.16 bits per heavy atom. The molecule has 3 atom stereocenters. The fourth-order valence-corrected chi connectivity index (χ4v) is 4.21. The third-order valence-electron chi connectivity index (χ3n) is 4.94. The molecule has 0 spiro atoms. The Balaban J connectivity index is 1.74. The molecule has 0 saturated carbocycles. The predicted octanol–water partition coefficient (Wildman–Crippen LogP) is 6.74. The molecular weight excluding hydrogens is 407 g/mol. The summed E-state index contributed by atoms with van der Waals surface area (Å²) < 4.78 is 16.7. The fraction of sp³-hybridized carbons (Fsp3) is 0.500. The highest BCUT2D eigenvalue weighted by atomic mass is 31.1. The van der Waals surface area contributed by atoms with Crippen molar-refractivity contribution >= 4 is 19.6 Å². The van der Waals surface area contributed by atoms with Gasteiger partial charge in [-0.3, -0.25) is 0 Å². The van der Waals surface area contributed by atoms with E-state index in [1.54, 1.807) is 0 Å². The van der Waals surface area contributed by atoms with Crippen LogP contribution in [0.2, 0.25) is 0 Å². The summed E-state index contributed by atoms with van der Waals surface area (Å²) in [6, 6.07) is 17.9. The summed E-state index contributed by atoms with van der Waals surface area (Å²) in [5.41, 5.74) is 1.41. The van der Waals surface area contributed by atoms with E-state index in [1.807, 2.05) is 49.4 Å². The Morgan fingerprint density at radius 2 is 1.58 bits per heavy atom. The van der Waals surface area contributed by atoms with Crippen LogP contribution >= 0.6 is 8.58 Å². The van der Waals surface area contributed by atoms with Gasteiger partial charge in [-0.25, -0.2) is 4.79 Å². The van der Waals surface area contributed by atoms with Crippen molar-refractivity contribution in [2.45, 2.75) is 60.2 Å². The van der Waals surface area contributed by atoms with Crippen LogP contribution in [0.4, 0.5) is 4.79 Å². The van der Waals surface area contributed by atoms with Crippen LogP contribution in [0.5, 0.6) is 5.75 Å². The zero-order valence-corrected chi connectivity index (χ0v) is 20.7. The largest absolute Gasteiger partial charge is 0.465 e. The lowest BCUT2D eigenvalue weighted by molar-refractivity contribution is -0.0760. The lowest BCUT2D eigenvalue weighted by Crippen LogP contribution is -2.20. The highest BCUT2D eigenvalue weighted by Crippen LogP contribution is 2.36. The van der Waals surface area contributed by atoms with Gasteiger partial charge < -0.3 is 14.2 Å². The zero-order valence-electron chi connectivity index (χ0n) is 19.7. The summed E-state index contributed by atoms with van der Waals surface area (Å²) >= 11 is 0. The topological polar surface area (TPSA) is 44.8 Å². The molecule has 4 nitrogen and oxygen atoms in total. The minimum atomic E-state index is -0.420. The van der Waals surface area contributed by atoms with E-state index < -0.39 is 6.29 Å². The van der Waals surface area contributed by atoms with Gasteiger partial charge in [-0.05, 0) is 53.6 Å². The van der Waals surface area contributed by atoms with Crippen molar-refractivity contribution in [3.05, 3.63) is 60.2 Å². The van der Waals surface area contributed by atoms with Gasteiger partial charge in [0.25, 0.3) is 0 Å². The van der Waals surface area contributed by atoms with Crippen LogP contribution in [0.3, 0.4) is 0 Å². The first kappa shape index (κ1) is 25.4. The summed E-state index contributed by atoms with van der Waals surface area (Å²) in [5.74, 6) is 1.88. The SMILES string of the molecule is CC(OCCOC(=O)Pc1ccccc1)Oc1ccc(C(CC(C)(C)C)C(C)C)cc1. The lowest BCUT2D eigenvalue weighted by Gasteiger charge is -2.29. The Kier molecular flexibility index (Phi) is 9.99. The Hall–Kier alpha value is -1.90. The smallest absolute Gasteiger partial charge is 0.327 e. The molecule has 0 aliphatic heterocycles. The van der Waals surface area contributed by atoms with Crippen molar-refractivity contribution in [2.24, 2.45) is 11.3 Å². The van der Waals surface area contributed by atoms with E-state index in [9.17, 15) is 4.79 Å². The molecule has 2 aromatic rings. The summed E-state index contributed by atoms with van der Waals surface area (Å²) in [7, 11) is 0.00430. The number of carbonyl (C=O) groups excluding carboxylic acids is 1. The molecule has 170 valence electrons. The van der Waals surface area contributed by atoms with Crippen molar-refractivity contribution in [3.63, 3.8) is 0 Å². The first-order valence-corrected chi connectivity index (χ1v) is 12.0. The summed E-state index contributed by atoms with van der Waals surface area (Å²) in [5, 5.41) is 0.968. The molecular formula is C26H37O4P. The first-order chi connectivity index (χ1) is 14.6. The number of hydrogen-bond acceptors (Lipinski definition) is 4. The third kappa shape index (κ3) is 9.84. The van der Waals surface area contributed by atoms with Crippen LogP contribution in [-0.2, 0) is 9.47 Å². The number of carbonyl (C=O) groups is 1. The van der Waals surface area contributed by atoms with E-state index >= 15 is 0 Å². The second-order valence-corrected chi connectivity index (χ2v) is 10.6. The van der Waals surface area contributed by atoms with Gasteiger partial charge in [0, 0.05) is 8.58 Å². The van der Waals surface area contributed by atoms with Gasteiger partial charge in [0.05, 0.1) is 6.61 Å². The number of ether oxygens (including phenoxy) is 3. The van der Waals surface area contributed by atoms with E-state index in [4.69, 9.17) is 14.2 Å². The Morgan fingerprint density at radius 1 is 0.935 bits per heavy atom. The molecule has 0 aliphatic carbocycles. The van der Waals surface area contributed by atoms with Crippen molar-refractivity contribution in [1.29, 1.82) is 0 Å². The predicted molar refractivity (Wildman–Crippen MR) is 130 cm³/mol. The molecule has 2 rings (SSSR count). The quantitative estimate of drug-likeness (QED) is 0.219. The maximum atomic E-state index is 11.9. The molecule has 3 unspecified atom stereocenters. The number of rotatable bonds is 11. The molecule has 0 radical (unpaired) electrons. The van der Waals surface area contributed by atoms with Gasteiger partial charge in [0.15, 0.2) is 6.29 Å². The third-order valence-corrected chi connectivity index (χ3v) is 5.91. The fourth-order valence-electron chi connectivity index (χ4n) is 3.44. The monoisotopic (exact) mass is 444 g/mol. The molecule has 0 saturated heterocycles. The molecule has 0 N–H and O–H groups in total. The van der Waals surface area contributed by atoms with Crippen LogP contribution in [0, 0.1) is 11.3 Å². The molecule has 0 aliphatic rings. The van der Waals surface area contributed by atoms with E-state index in [-0.39, 0.29) is 26.3 Å². The summed E-state index contributed by atoms with van der Waals surface area (Å²) in [6.45, 7) is 13.8. The lowest BCUT2D eigenvalue weighted by atomic mass is 9.76. The minimum Gasteiger partial charge on any atom is -0.465 e. The van der Waals surface area contributed by atoms with Crippen LogP contribution in [0.15, 0.2) is 54.6 Å². The van der Waals surface area contributed by atoms with Crippen LogP contribution < -0.4 is 10.0 Å². The molecule has 31 heavy (non-hydrogen) atoms. The standard InChI is InChI=1S/C26H37O4P/c1-19(2)24(18-26(4,5)6)21-12-14-22(15-13-21)30-20(3)28-16-17-29-25(27)31-23-10-8-7-9-11-23/h7-15,19-20,24,31H,16-18H2,1-6H3. The second kappa shape index (κ2) is 12.2. The Bertz CT molecular complexity index is 781. The van der Waals surface area contributed by atoms with Gasteiger partial charge in [-0.2, -0.15) is 0 Å². The molecule has 0 amide bonds. The average molecular weight is 445 g/mol. The maximum Gasteiger partial charge on any atom is 0.327 e. The molecule has 0 bridgehead atoms. The Labute approximate surface area is 189 Å². The van der Waals surface area contributed by atoms with Crippen molar-refractivity contribution in [1.82, 2.24) is 0 Å². The number of benzene rings is 2. The van der Waals surface area contributed by atoms with Gasteiger partial charge >= 0.3 is 5.71 Å². The van der Waals surface area contributed by atoms with E-state index in [1.165, 1.54) is 5.56 Å². The van der Waals surface area contributed by atoms with E-state index in [0.29, 0.717) is 18.4 Å². The molecule has 5 heteroatoms. The van der Waals surface area contributed by atoms with Crippen LogP contribution in [-0.4, -0.2) is 25.2 Å². The highest BCUT2D eigenvalue weighted by Gasteiger charge is 2.23. The highest BCUT2D eigenvalue weighted by molar-refractivity contribution is 7.64. The van der Waals surface area contributed by atoms with Gasteiger partial charge in [-0.15, -0.1) is 0 Å². The van der Waals surface area contributed by atoms with Gasteiger partial charge in [0.2, 0.25) is 0 Å². The summed E-state index contributed by atoms with van der Waals surface area (Å²) in [6.07, 6.45) is 0.727. The number of hydrogen-bond donors (Lipinski definition) is 0. The van der Waals surface area contributed by atoms with Crippen LogP contribution in [0.25, 0.3) is 0 Å². The molecule has 0 heterocycles. The molecule has 2 aromatic carbocycles. The average Bonchev–Trinajstić information content (AvgIpc) is 2.70. The maximum absolute atomic E-state index is 11.9. The zero-order chi connectivity index (χ0) is 22.9. The van der Waals surface area contributed by atoms with Gasteiger partial charge in [-0.1, -0.05) is 77.1 Å².